The Morgan fingerprint density at radius 1 is 0.800 bits per heavy atom. The van der Waals surface area contributed by atoms with Gasteiger partial charge in [-0.3, -0.25) is 0 Å². The fourth-order valence-corrected chi connectivity index (χ4v) is 4.87. The quantitative estimate of drug-likeness (QED) is 0.475. The van der Waals surface area contributed by atoms with E-state index in [2.05, 4.69) is 44.7 Å². The molecule has 2 aromatic rings. The van der Waals surface area contributed by atoms with E-state index < -0.39 is 43.6 Å². The fraction of sp³-hybridized carbons (Fsp3) is 0.517. The Morgan fingerprint density at radius 3 is 1.80 bits per heavy atom. The molecule has 4 rings (SSSR count). The number of ether oxygens (including phenoxy) is 4. The highest BCUT2D eigenvalue weighted by Gasteiger charge is 2.51. The van der Waals surface area contributed by atoms with Crippen LogP contribution in [-0.2, 0) is 31.8 Å². The van der Waals surface area contributed by atoms with Gasteiger partial charge in [0.2, 0.25) is 0 Å². The molecule has 2 aromatic carbocycles. The zero-order valence-corrected chi connectivity index (χ0v) is 20.7. The third kappa shape index (κ3) is 6.02. The van der Waals surface area contributed by atoms with Crippen LogP contribution in [0.3, 0.4) is 0 Å². The molecule has 0 aromatic heterocycles. The number of aryl methyl sites for hydroxylation is 2. The standard InChI is InChI=1S/C29H38O6/c1-4-7-19-10-14-21(15-11-19)28-32-24(9-6-3)26-27(35-28)25(23(31)18-30)33-29(34-26)22-16-12-20(8-5-2)13-17-22/h6,10-17,23-31H,3-5,7-9,18H2,1-2H3. The SMILES string of the molecule is C=CCC1OC(c2ccc(CCC)cc2)OC2C(C(O)CO)OC(c3ccc(CCC)cc3)OC12. The van der Waals surface area contributed by atoms with Crippen LogP contribution in [0.5, 0.6) is 0 Å². The number of aliphatic hydroxyl groups is 2. The first-order valence-electron chi connectivity index (χ1n) is 12.8. The summed E-state index contributed by atoms with van der Waals surface area (Å²) in [4.78, 5) is 0. The molecule has 190 valence electrons. The number of benzene rings is 2. The van der Waals surface area contributed by atoms with Crippen molar-refractivity contribution in [2.75, 3.05) is 6.61 Å². The highest BCUT2D eigenvalue weighted by molar-refractivity contribution is 5.25. The maximum absolute atomic E-state index is 10.7. The summed E-state index contributed by atoms with van der Waals surface area (Å²) in [6.07, 6.45) is 1.84. The topological polar surface area (TPSA) is 77.4 Å². The molecule has 35 heavy (non-hydrogen) atoms. The summed E-state index contributed by atoms with van der Waals surface area (Å²) >= 11 is 0. The van der Waals surface area contributed by atoms with Gasteiger partial charge in [-0.2, -0.15) is 0 Å². The summed E-state index contributed by atoms with van der Waals surface area (Å²) in [6, 6.07) is 16.3. The zero-order valence-electron chi connectivity index (χ0n) is 20.7. The third-order valence-electron chi connectivity index (χ3n) is 6.70. The van der Waals surface area contributed by atoms with Crippen molar-refractivity contribution in [2.45, 2.75) is 89.1 Å². The Hall–Kier alpha value is -2.06. The van der Waals surface area contributed by atoms with Crippen molar-refractivity contribution in [3.63, 3.8) is 0 Å². The summed E-state index contributed by atoms with van der Waals surface area (Å²) in [5.41, 5.74) is 4.25. The van der Waals surface area contributed by atoms with E-state index in [1.54, 1.807) is 6.08 Å². The lowest BCUT2D eigenvalue weighted by atomic mass is 9.93. The average Bonchev–Trinajstić information content (AvgIpc) is 2.89. The first-order chi connectivity index (χ1) is 17.1. The molecular formula is C29H38O6. The molecule has 2 N–H and O–H groups in total. The molecule has 6 heteroatoms. The van der Waals surface area contributed by atoms with Crippen molar-refractivity contribution >= 4 is 0 Å². The van der Waals surface area contributed by atoms with Crippen LogP contribution in [0.25, 0.3) is 0 Å². The second kappa shape index (κ2) is 12.3. The van der Waals surface area contributed by atoms with Crippen LogP contribution in [0.1, 0.15) is 67.9 Å². The van der Waals surface area contributed by atoms with E-state index in [4.69, 9.17) is 18.9 Å². The molecule has 2 heterocycles. The Bertz CT molecular complexity index is 927. The summed E-state index contributed by atoms with van der Waals surface area (Å²) in [5.74, 6) is 0. The van der Waals surface area contributed by atoms with E-state index in [0.717, 1.165) is 36.8 Å². The van der Waals surface area contributed by atoms with Crippen molar-refractivity contribution in [1.29, 1.82) is 0 Å². The van der Waals surface area contributed by atoms with E-state index in [-0.39, 0.29) is 6.10 Å². The molecule has 2 fully saturated rings. The van der Waals surface area contributed by atoms with Gasteiger partial charge in [0.1, 0.15) is 24.4 Å². The van der Waals surface area contributed by atoms with Crippen LogP contribution >= 0.6 is 0 Å². The van der Waals surface area contributed by atoms with Gasteiger partial charge in [-0.05, 0) is 30.4 Å². The molecule has 7 atom stereocenters. The van der Waals surface area contributed by atoms with E-state index in [1.807, 2.05) is 24.3 Å². The van der Waals surface area contributed by atoms with Crippen LogP contribution < -0.4 is 0 Å². The molecule has 2 aliphatic rings. The predicted octanol–water partition coefficient (Wildman–Crippen LogP) is 4.79. The molecule has 0 radical (unpaired) electrons. The largest absolute Gasteiger partial charge is 0.394 e. The molecule has 7 unspecified atom stereocenters. The summed E-state index contributed by atoms with van der Waals surface area (Å²) < 4.78 is 25.3. The van der Waals surface area contributed by atoms with Crippen molar-refractivity contribution in [2.24, 2.45) is 0 Å². The Kier molecular flexibility index (Phi) is 9.11. The van der Waals surface area contributed by atoms with Gasteiger partial charge in [0.05, 0.1) is 12.7 Å². The summed E-state index contributed by atoms with van der Waals surface area (Å²) in [5, 5.41) is 20.5. The molecule has 0 aliphatic carbocycles. The number of aliphatic hydroxyl groups excluding tert-OH is 2. The van der Waals surface area contributed by atoms with Gasteiger partial charge in [-0.25, -0.2) is 0 Å². The highest BCUT2D eigenvalue weighted by Crippen LogP contribution is 2.42. The van der Waals surface area contributed by atoms with Crippen LogP contribution in [0.4, 0.5) is 0 Å². The highest BCUT2D eigenvalue weighted by atomic mass is 16.8. The van der Waals surface area contributed by atoms with Crippen LogP contribution in [0.2, 0.25) is 0 Å². The van der Waals surface area contributed by atoms with Crippen molar-refractivity contribution < 1.29 is 29.2 Å². The smallest absolute Gasteiger partial charge is 0.184 e. The molecule has 2 saturated heterocycles. The van der Waals surface area contributed by atoms with Gasteiger partial charge in [0.25, 0.3) is 0 Å². The summed E-state index contributed by atoms with van der Waals surface area (Å²) in [6.45, 7) is 7.77. The monoisotopic (exact) mass is 482 g/mol. The van der Waals surface area contributed by atoms with Gasteiger partial charge in [0.15, 0.2) is 12.6 Å². The van der Waals surface area contributed by atoms with Crippen LogP contribution in [-0.4, -0.2) is 47.3 Å². The van der Waals surface area contributed by atoms with Crippen molar-refractivity contribution in [1.82, 2.24) is 0 Å². The molecule has 0 amide bonds. The number of fused-ring (bicyclic) bond motifs is 1. The molecule has 6 nitrogen and oxygen atoms in total. The maximum atomic E-state index is 10.7. The van der Waals surface area contributed by atoms with E-state index >= 15 is 0 Å². The molecule has 0 saturated carbocycles. The van der Waals surface area contributed by atoms with Gasteiger partial charge >= 0.3 is 0 Å². The minimum absolute atomic E-state index is 0.342. The van der Waals surface area contributed by atoms with Crippen molar-refractivity contribution in [3.8, 4) is 0 Å². The normalized spacial score (nSPS) is 29.4. The lowest BCUT2D eigenvalue weighted by molar-refractivity contribution is -0.390. The number of hydrogen-bond acceptors (Lipinski definition) is 6. The van der Waals surface area contributed by atoms with Crippen molar-refractivity contribution in [3.05, 3.63) is 83.4 Å². The lowest BCUT2D eigenvalue weighted by Crippen LogP contribution is -2.61. The average molecular weight is 483 g/mol. The van der Waals surface area contributed by atoms with E-state index in [1.165, 1.54) is 11.1 Å². The van der Waals surface area contributed by atoms with Gasteiger partial charge < -0.3 is 29.2 Å². The minimum atomic E-state index is -1.12. The summed E-state index contributed by atoms with van der Waals surface area (Å²) in [7, 11) is 0. The Morgan fingerprint density at radius 2 is 1.31 bits per heavy atom. The molecular weight excluding hydrogens is 444 g/mol. The maximum Gasteiger partial charge on any atom is 0.184 e. The molecule has 2 aliphatic heterocycles. The number of hydrogen-bond donors (Lipinski definition) is 2. The Labute approximate surface area is 208 Å². The van der Waals surface area contributed by atoms with E-state index in [0.29, 0.717) is 6.42 Å². The van der Waals surface area contributed by atoms with E-state index in [9.17, 15) is 10.2 Å². The lowest BCUT2D eigenvalue weighted by Gasteiger charge is -2.50. The van der Waals surface area contributed by atoms with Crippen LogP contribution in [0, 0.1) is 0 Å². The van der Waals surface area contributed by atoms with Gasteiger partial charge in [0, 0.05) is 11.1 Å². The second-order valence-electron chi connectivity index (χ2n) is 9.40. The first-order valence-corrected chi connectivity index (χ1v) is 12.8. The minimum Gasteiger partial charge on any atom is -0.394 e. The second-order valence-corrected chi connectivity index (χ2v) is 9.40. The third-order valence-corrected chi connectivity index (χ3v) is 6.70. The van der Waals surface area contributed by atoms with Crippen LogP contribution in [0.15, 0.2) is 61.2 Å². The predicted molar refractivity (Wildman–Crippen MR) is 134 cm³/mol. The fourth-order valence-electron chi connectivity index (χ4n) is 4.87. The first kappa shape index (κ1) is 26.0. The molecule has 0 spiro atoms. The Balaban J connectivity index is 1.59. The van der Waals surface area contributed by atoms with Gasteiger partial charge in [-0.15, -0.1) is 6.58 Å². The number of rotatable bonds is 10. The van der Waals surface area contributed by atoms with Gasteiger partial charge in [-0.1, -0.05) is 81.3 Å². The molecule has 0 bridgehead atoms. The zero-order chi connectivity index (χ0) is 24.8.